The van der Waals surface area contributed by atoms with Gasteiger partial charge in [0.2, 0.25) is 0 Å². The fraction of sp³-hybridized carbons (Fsp3) is 0.176. The Kier molecular flexibility index (Phi) is 6.45. The number of nitrogens with one attached hydrogen (secondary N) is 1. The molecule has 6 nitrogen and oxygen atoms in total. The first-order valence-corrected chi connectivity index (χ1v) is 7.63. The molecule has 2 rings (SSSR count). The zero-order valence-corrected chi connectivity index (χ0v) is 13.8. The Hall–Kier alpha value is -2.73. The van der Waals surface area contributed by atoms with Gasteiger partial charge in [0.05, 0.1) is 17.8 Å². The van der Waals surface area contributed by atoms with E-state index in [-0.39, 0.29) is 23.1 Å². The third-order valence-electron chi connectivity index (χ3n) is 2.87. The fourth-order valence-electron chi connectivity index (χ4n) is 1.81. The topological polar surface area (TPSA) is 80.2 Å². The minimum atomic E-state index is -0.398. The summed E-state index contributed by atoms with van der Waals surface area (Å²) in [6, 6.07) is 12.1. The third-order valence-corrected chi connectivity index (χ3v) is 3.15. The monoisotopic (exact) mass is 348 g/mol. The quantitative estimate of drug-likeness (QED) is 0.595. The van der Waals surface area contributed by atoms with Crippen LogP contribution in [-0.2, 0) is 4.79 Å². The first-order valence-electron chi connectivity index (χ1n) is 7.25. The van der Waals surface area contributed by atoms with Crippen molar-refractivity contribution in [3.05, 3.63) is 53.1 Å². The average molecular weight is 349 g/mol. The van der Waals surface area contributed by atoms with Crippen LogP contribution in [0, 0.1) is 0 Å². The van der Waals surface area contributed by atoms with E-state index in [2.05, 4.69) is 10.5 Å². The number of ether oxygens (including phenoxy) is 2. The number of carbonyl (C=O) groups is 1. The van der Waals surface area contributed by atoms with Gasteiger partial charge in [-0.1, -0.05) is 29.8 Å². The van der Waals surface area contributed by atoms with Gasteiger partial charge in [-0.25, -0.2) is 5.43 Å². The van der Waals surface area contributed by atoms with E-state index < -0.39 is 5.91 Å². The Balaban J connectivity index is 1.90. The van der Waals surface area contributed by atoms with Crippen LogP contribution in [0.15, 0.2) is 47.6 Å². The number of halogens is 1. The lowest BCUT2D eigenvalue weighted by molar-refractivity contribution is -0.123. The molecule has 0 heterocycles. The van der Waals surface area contributed by atoms with E-state index in [0.717, 1.165) is 0 Å². The second kappa shape index (κ2) is 8.79. The summed E-state index contributed by atoms with van der Waals surface area (Å²) in [5, 5.41) is 13.7. The van der Waals surface area contributed by atoms with Gasteiger partial charge in [-0.05, 0) is 36.8 Å². The highest BCUT2D eigenvalue weighted by Crippen LogP contribution is 2.34. The minimum Gasteiger partial charge on any atom is -0.503 e. The van der Waals surface area contributed by atoms with Gasteiger partial charge < -0.3 is 14.6 Å². The Labute approximate surface area is 144 Å². The van der Waals surface area contributed by atoms with Gasteiger partial charge in [-0.15, -0.1) is 0 Å². The lowest BCUT2D eigenvalue weighted by atomic mass is 10.2. The number of phenols is 1. The Morgan fingerprint density at radius 2 is 2.04 bits per heavy atom. The zero-order valence-electron chi connectivity index (χ0n) is 13.0. The van der Waals surface area contributed by atoms with E-state index in [1.165, 1.54) is 12.3 Å². The highest BCUT2D eigenvalue weighted by molar-refractivity contribution is 6.32. The molecule has 24 heavy (non-hydrogen) atoms. The van der Waals surface area contributed by atoms with Crippen molar-refractivity contribution < 1.29 is 19.4 Å². The standard InChI is InChI=1S/C17H17ClN2O4/c1-2-23-15-9-12(8-14(18)17(15)22)10-19-20-16(21)11-24-13-6-4-3-5-7-13/h3-10,22H,2,11H2,1H3,(H,20,21)/b19-10-. The number of rotatable bonds is 7. The Morgan fingerprint density at radius 3 is 2.75 bits per heavy atom. The molecule has 0 spiro atoms. The second-order valence-electron chi connectivity index (χ2n) is 4.68. The molecule has 0 aliphatic carbocycles. The van der Waals surface area contributed by atoms with Crippen molar-refractivity contribution in [1.29, 1.82) is 0 Å². The average Bonchev–Trinajstić information content (AvgIpc) is 2.58. The van der Waals surface area contributed by atoms with Crippen LogP contribution in [0.3, 0.4) is 0 Å². The second-order valence-corrected chi connectivity index (χ2v) is 5.08. The number of phenolic OH excluding ortho intramolecular Hbond substituents is 1. The van der Waals surface area contributed by atoms with Crippen molar-refractivity contribution in [3.63, 3.8) is 0 Å². The van der Waals surface area contributed by atoms with Gasteiger partial charge >= 0.3 is 0 Å². The van der Waals surface area contributed by atoms with E-state index in [0.29, 0.717) is 17.9 Å². The molecule has 0 aliphatic heterocycles. The predicted octanol–water partition coefficient (Wildman–Crippen LogP) is 2.97. The number of hydrazone groups is 1. The number of para-hydroxylation sites is 1. The number of nitrogens with zero attached hydrogens (tertiary/aromatic N) is 1. The Bertz CT molecular complexity index is 720. The number of carbonyl (C=O) groups excluding carboxylic acids is 1. The molecule has 2 N–H and O–H groups in total. The molecule has 0 aliphatic rings. The first-order chi connectivity index (χ1) is 11.6. The molecule has 0 saturated heterocycles. The number of hydrogen-bond acceptors (Lipinski definition) is 5. The van der Waals surface area contributed by atoms with E-state index in [4.69, 9.17) is 21.1 Å². The molecule has 0 bridgehead atoms. The van der Waals surface area contributed by atoms with Crippen LogP contribution in [0.1, 0.15) is 12.5 Å². The molecule has 0 saturated carbocycles. The molecule has 0 radical (unpaired) electrons. The van der Waals surface area contributed by atoms with Crippen molar-refractivity contribution in [3.8, 4) is 17.2 Å². The molecular weight excluding hydrogens is 332 g/mol. The molecule has 0 fully saturated rings. The van der Waals surface area contributed by atoms with E-state index >= 15 is 0 Å². The van der Waals surface area contributed by atoms with Crippen LogP contribution in [0.4, 0.5) is 0 Å². The maximum absolute atomic E-state index is 11.7. The fourth-order valence-corrected chi connectivity index (χ4v) is 2.03. The van der Waals surface area contributed by atoms with Crippen LogP contribution in [0.25, 0.3) is 0 Å². The molecule has 0 unspecified atom stereocenters. The van der Waals surface area contributed by atoms with Crippen LogP contribution in [0.5, 0.6) is 17.2 Å². The summed E-state index contributed by atoms with van der Waals surface area (Å²) in [5.41, 5.74) is 2.92. The number of benzene rings is 2. The van der Waals surface area contributed by atoms with Gasteiger partial charge in [0.25, 0.3) is 5.91 Å². The minimum absolute atomic E-state index is 0.129. The summed E-state index contributed by atoms with van der Waals surface area (Å²) < 4.78 is 10.6. The van der Waals surface area contributed by atoms with Crippen LogP contribution in [0.2, 0.25) is 5.02 Å². The van der Waals surface area contributed by atoms with Crippen LogP contribution >= 0.6 is 11.6 Å². The van der Waals surface area contributed by atoms with Crippen molar-refractivity contribution in [1.82, 2.24) is 5.43 Å². The third kappa shape index (κ3) is 5.17. The highest BCUT2D eigenvalue weighted by Gasteiger charge is 2.08. The van der Waals surface area contributed by atoms with Crippen molar-refractivity contribution in [2.45, 2.75) is 6.92 Å². The van der Waals surface area contributed by atoms with Gasteiger partial charge in [0, 0.05) is 0 Å². The molecule has 0 aromatic heterocycles. The van der Waals surface area contributed by atoms with E-state index in [1.54, 1.807) is 25.1 Å². The van der Waals surface area contributed by atoms with Crippen molar-refractivity contribution >= 4 is 23.7 Å². The lowest BCUT2D eigenvalue weighted by Crippen LogP contribution is -2.24. The number of amides is 1. The van der Waals surface area contributed by atoms with E-state index in [1.807, 2.05) is 18.2 Å². The largest absolute Gasteiger partial charge is 0.503 e. The SMILES string of the molecule is CCOc1cc(/C=N\NC(=O)COc2ccccc2)cc(Cl)c1O. The molecule has 0 atom stereocenters. The zero-order chi connectivity index (χ0) is 17.4. The molecule has 2 aromatic carbocycles. The molecule has 1 amide bonds. The first kappa shape index (κ1) is 17.6. The lowest BCUT2D eigenvalue weighted by Gasteiger charge is -2.08. The summed E-state index contributed by atoms with van der Waals surface area (Å²) in [7, 11) is 0. The smallest absolute Gasteiger partial charge is 0.277 e. The summed E-state index contributed by atoms with van der Waals surface area (Å²) in [6.45, 7) is 2.03. The van der Waals surface area contributed by atoms with Crippen LogP contribution in [-0.4, -0.2) is 30.4 Å². The van der Waals surface area contributed by atoms with Crippen molar-refractivity contribution in [2.24, 2.45) is 5.10 Å². The van der Waals surface area contributed by atoms with Gasteiger partial charge in [-0.2, -0.15) is 5.10 Å². The van der Waals surface area contributed by atoms with Gasteiger partial charge in [-0.3, -0.25) is 4.79 Å². The molecule has 2 aromatic rings. The predicted molar refractivity (Wildman–Crippen MR) is 92.0 cm³/mol. The summed E-state index contributed by atoms with van der Waals surface area (Å²) in [5.74, 6) is 0.328. The summed E-state index contributed by atoms with van der Waals surface area (Å²) >= 11 is 5.91. The summed E-state index contributed by atoms with van der Waals surface area (Å²) in [6.07, 6.45) is 1.40. The number of aromatic hydroxyl groups is 1. The molecular formula is C17H17ClN2O4. The summed E-state index contributed by atoms with van der Waals surface area (Å²) in [4.78, 5) is 11.7. The number of hydrogen-bond donors (Lipinski definition) is 2. The molecule has 7 heteroatoms. The highest BCUT2D eigenvalue weighted by atomic mass is 35.5. The van der Waals surface area contributed by atoms with Crippen molar-refractivity contribution in [2.75, 3.05) is 13.2 Å². The van der Waals surface area contributed by atoms with Gasteiger partial charge in [0.1, 0.15) is 5.75 Å². The maximum Gasteiger partial charge on any atom is 0.277 e. The van der Waals surface area contributed by atoms with Gasteiger partial charge in [0.15, 0.2) is 18.1 Å². The normalized spacial score (nSPS) is 10.6. The Morgan fingerprint density at radius 1 is 1.29 bits per heavy atom. The van der Waals surface area contributed by atoms with Crippen LogP contribution < -0.4 is 14.9 Å². The molecule has 126 valence electrons. The van der Waals surface area contributed by atoms with E-state index in [9.17, 15) is 9.90 Å². The maximum atomic E-state index is 11.7.